The highest BCUT2D eigenvalue weighted by molar-refractivity contribution is 5.59. The number of hydrogen-bond donors (Lipinski definition) is 1. The number of benzene rings is 3. The minimum absolute atomic E-state index is 0.0362. The molecule has 1 heterocycles. The molecular weight excluding hydrogens is 436 g/mol. The molecule has 178 valence electrons. The van der Waals surface area contributed by atoms with Gasteiger partial charge in [-0.15, -0.1) is 0 Å². The molecule has 0 aromatic heterocycles. The first-order valence-electron chi connectivity index (χ1n) is 11.7. The zero-order valence-corrected chi connectivity index (χ0v) is 19.0. The van der Waals surface area contributed by atoms with Gasteiger partial charge in [-0.05, 0) is 98.3 Å². The van der Waals surface area contributed by atoms with Crippen molar-refractivity contribution < 1.29 is 13.7 Å². The van der Waals surface area contributed by atoms with Crippen molar-refractivity contribution >= 4 is 11.4 Å². The van der Waals surface area contributed by atoms with Gasteiger partial charge in [0, 0.05) is 12.0 Å². The first-order chi connectivity index (χ1) is 16.4. The maximum Gasteiger partial charge on any atom is 0.292 e. The lowest BCUT2D eigenvalue weighted by atomic mass is 9.76. The van der Waals surface area contributed by atoms with Crippen LogP contribution in [-0.2, 0) is 6.42 Å². The lowest BCUT2D eigenvalue weighted by molar-refractivity contribution is -0.384. The van der Waals surface area contributed by atoms with E-state index >= 15 is 0 Å². The summed E-state index contributed by atoms with van der Waals surface area (Å²) in [6.07, 6.45) is 3.65. The van der Waals surface area contributed by atoms with Crippen LogP contribution >= 0.6 is 0 Å². The number of nitrogens with zero attached hydrogens (tertiary/aromatic N) is 2. The number of nitro benzene ring substituents is 1. The summed E-state index contributed by atoms with van der Waals surface area (Å²) in [6.45, 7) is 2.82. The first kappa shape index (κ1) is 23.8. The lowest BCUT2D eigenvalue weighted by Crippen LogP contribution is -2.36. The molecule has 1 aliphatic heterocycles. The summed E-state index contributed by atoms with van der Waals surface area (Å²) in [7, 11) is 0. The van der Waals surface area contributed by atoms with Crippen LogP contribution in [0.3, 0.4) is 0 Å². The highest BCUT2D eigenvalue weighted by Crippen LogP contribution is 2.38. The zero-order valence-electron chi connectivity index (χ0n) is 19.0. The minimum atomic E-state index is -0.442. The smallest absolute Gasteiger partial charge is 0.292 e. The van der Waals surface area contributed by atoms with E-state index in [0.717, 1.165) is 62.0 Å². The predicted molar refractivity (Wildman–Crippen MR) is 130 cm³/mol. The Bertz CT molecular complexity index is 1070. The normalized spacial score (nSPS) is 15.0. The Balaban J connectivity index is 1.36. The van der Waals surface area contributed by atoms with Gasteiger partial charge < -0.3 is 10.6 Å². The van der Waals surface area contributed by atoms with Crippen LogP contribution in [0.2, 0.25) is 0 Å². The van der Waals surface area contributed by atoms with Crippen LogP contribution in [0.15, 0.2) is 66.7 Å². The molecule has 7 heteroatoms. The monoisotopic (exact) mass is 465 g/mol. The van der Waals surface area contributed by atoms with E-state index in [1.807, 2.05) is 30.3 Å². The Morgan fingerprint density at radius 1 is 0.941 bits per heavy atom. The Morgan fingerprint density at radius 3 is 2.03 bits per heavy atom. The maximum atomic E-state index is 13.5. The third-order valence-corrected chi connectivity index (χ3v) is 6.79. The van der Waals surface area contributed by atoms with Crippen molar-refractivity contribution in [3.05, 3.63) is 105 Å². The van der Waals surface area contributed by atoms with Gasteiger partial charge in [-0.25, -0.2) is 8.78 Å². The molecule has 5 nitrogen and oxygen atoms in total. The molecule has 0 bridgehead atoms. The first-order valence-corrected chi connectivity index (χ1v) is 11.7. The van der Waals surface area contributed by atoms with Crippen molar-refractivity contribution in [3.8, 4) is 0 Å². The fourth-order valence-electron chi connectivity index (χ4n) is 5.00. The van der Waals surface area contributed by atoms with Gasteiger partial charge in [0.2, 0.25) is 0 Å². The van der Waals surface area contributed by atoms with Gasteiger partial charge in [-0.2, -0.15) is 0 Å². The molecule has 0 unspecified atom stereocenters. The molecular formula is C27H29F2N3O2. The molecule has 1 saturated heterocycles. The number of likely N-dealkylation sites (tertiary alicyclic amines) is 1. The van der Waals surface area contributed by atoms with Crippen molar-refractivity contribution in [1.82, 2.24) is 4.90 Å². The van der Waals surface area contributed by atoms with Crippen LogP contribution in [0.1, 0.15) is 41.9 Å². The quantitative estimate of drug-likeness (QED) is 0.254. The van der Waals surface area contributed by atoms with Crippen LogP contribution < -0.4 is 5.73 Å². The van der Waals surface area contributed by atoms with E-state index in [9.17, 15) is 18.9 Å². The van der Waals surface area contributed by atoms with Gasteiger partial charge in [-0.3, -0.25) is 10.1 Å². The Morgan fingerprint density at radius 2 is 1.50 bits per heavy atom. The van der Waals surface area contributed by atoms with Crippen molar-refractivity contribution in [2.24, 2.45) is 5.92 Å². The van der Waals surface area contributed by atoms with E-state index in [4.69, 9.17) is 5.73 Å². The Kier molecular flexibility index (Phi) is 7.53. The van der Waals surface area contributed by atoms with E-state index in [1.165, 1.54) is 24.3 Å². The number of hydrogen-bond acceptors (Lipinski definition) is 4. The van der Waals surface area contributed by atoms with E-state index in [1.54, 1.807) is 12.1 Å². The van der Waals surface area contributed by atoms with Gasteiger partial charge in [0.1, 0.15) is 17.3 Å². The van der Waals surface area contributed by atoms with Crippen LogP contribution in [0.4, 0.5) is 20.2 Å². The van der Waals surface area contributed by atoms with Crippen LogP contribution in [0.25, 0.3) is 0 Å². The van der Waals surface area contributed by atoms with Gasteiger partial charge in [0.25, 0.3) is 5.69 Å². The molecule has 1 aliphatic rings. The van der Waals surface area contributed by atoms with Crippen LogP contribution in [0, 0.1) is 27.7 Å². The zero-order chi connectivity index (χ0) is 24.1. The standard InChI is InChI=1S/C27H29F2N3O2/c28-23-8-4-20(5-9-23)27(21-6-10-24(29)11-7-21)22-13-16-31(17-14-22)15-1-2-19-3-12-25(30)26(18-19)32(33)34/h3-12,18,22,27H,1-2,13-17,30H2. The van der Waals surface area contributed by atoms with E-state index in [-0.39, 0.29) is 28.9 Å². The predicted octanol–water partition coefficient (Wildman–Crippen LogP) is 5.93. The Hall–Kier alpha value is -3.32. The van der Waals surface area contributed by atoms with Crippen LogP contribution in [0.5, 0.6) is 0 Å². The third-order valence-electron chi connectivity index (χ3n) is 6.79. The van der Waals surface area contributed by atoms with E-state index in [0.29, 0.717) is 5.92 Å². The van der Waals surface area contributed by atoms with E-state index < -0.39 is 4.92 Å². The number of anilines is 1. The van der Waals surface area contributed by atoms with Crippen molar-refractivity contribution in [2.45, 2.75) is 31.6 Å². The summed E-state index contributed by atoms with van der Waals surface area (Å²) in [6, 6.07) is 18.3. The molecule has 2 N–H and O–H groups in total. The van der Waals surface area contributed by atoms with Crippen molar-refractivity contribution in [2.75, 3.05) is 25.4 Å². The van der Waals surface area contributed by atoms with Gasteiger partial charge in [-0.1, -0.05) is 30.3 Å². The number of nitrogens with two attached hydrogens (primary N) is 1. The lowest BCUT2D eigenvalue weighted by Gasteiger charge is -2.36. The summed E-state index contributed by atoms with van der Waals surface area (Å²) in [5.74, 6) is -0.0451. The number of rotatable bonds is 8. The number of aryl methyl sites for hydroxylation is 1. The van der Waals surface area contributed by atoms with Gasteiger partial charge >= 0.3 is 0 Å². The maximum absolute atomic E-state index is 13.5. The minimum Gasteiger partial charge on any atom is -0.393 e. The average molecular weight is 466 g/mol. The number of piperidine rings is 1. The molecule has 34 heavy (non-hydrogen) atoms. The Labute approximate surface area is 198 Å². The largest absolute Gasteiger partial charge is 0.393 e. The third kappa shape index (κ3) is 5.78. The second-order valence-electron chi connectivity index (χ2n) is 9.01. The van der Waals surface area contributed by atoms with E-state index in [2.05, 4.69) is 4.90 Å². The summed E-state index contributed by atoms with van der Waals surface area (Å²) in [5.41, 5.74) is 8.86. The molecule has 0 spiro atoms. The summed E-state index contributed by atoms with van der Waals surface area (Å²) >= 11 is 0. The summed E-state index contributed by atoms with van der Waals surface area (Å²) in [5, 5.41) is 11.1. The number of nitro groups is 1. The summed E-state index contributed by atoms with van der Waals surface area (Å²) < 4.78 is 27.1. The van der Waals surface area contributed by atoms with Gasteiger partial charge in [0.15, 0.2) is 0 Å². The molecule has 0 saturated carbocycles. The second kappa shape index (κ2) is 10.7. The van der Waals surface area contributed by atoms with Crippen molar-refractivity contribution in [3.63, 3.8) is 0 Å². The fourth-order valence-corrected chi connectivity index (χ4v) is 5.00. The van der Waals surface area contributed by atoms with Gasteiger partial charge in [0.05, 0.1) is 4.92 Å². The van der Waals surface area contributed by atoms with Crippen molar-refractivity contribution in [1.29, 1.82) is 0 Å². The molecule has 3 aromatic rings. The second-order valence-corrected chi connectivity index (χ2v) is 9.01. The average Bonchev–Trinajstić information content (AvgIpc) is 2.83. The molecule has 3 aromatic carbocycles. The topological polar surface area (TPSA) is 72.4 Å². The molecule has 1 fully saturated rings. The molecule has 0 aliphatic carbocycles. The SMILES string of the molecule is Nc1ccc(CCCN2CCC(C(c3ccc(F)cc3)c3ccc(F)cc3)CC2)cc1[N+](=O)[O-]. The molecule has 4 rings (SSSR count). The molecule has 0 atom stereocenters. The highest BCUT2D eigenvalue weighted by Gasteiger charge is 2.29. The highest BCUT2D eigenvalue weighted by atomic mass is 19.1. The fraction of sp³-hybridized carbons (Fsp3) is 0.333. The summed E-state index contributed by atoms with van der Waals surface area (Å²) in [4.78, 5) is 13.1. The molecule has 0 radical (unpaired) electrons. The number of nitrogen functional groups attached to an aromatic ring is 1. The van der Waals surface area contributed by atoms with Crippen LogP contribution in [-0.4, -0.2) is 29.5 Å². The number of halogens is 2. The molecule has 0 amide bonds.